The van der Waals surface area contributed by atoms with Gasteiger partial charge in [-0.05, 0) is 105 Å². The van der Waals surface area contributed by atoms with Crippen molar-refractivity contribution in [3.8, 4) is 11.5 Å². The van der Waals surface area contributed by atoms with Crippen LogP contribution in [0.3, 0.4) is 0 Å². The molecule has 1 amide bonds. The third-order valence-corrected chi connectivity index (χ3v) is 13.2. The second-order valence-corrected chi connectivity index (χ2v) is 17.0. The van der Waals surface area contributed by atoms with E-state index in [4.69, 9.17) is 14.2 Å². The van der Waals surface area contributed by atoms with Crippen LogP contribution < -0.4 is 14.4 Å². The normalized spacial score (nSPS) is 28.6. The Morgan fingerprint density at radius 3 is 2.74 bits per heavy atom. The summed E-state index contributed by atoms with van der Waals surface area (Å²) in [4.78, 5) is 29.4. The summed E-state index contributed by atoms with van der Waals surface area (Å²) in [7, 11) is -1.43. The second-order valence-electron chi connectivity index (χ2n) is 14.6. The molecule has 2 bridgehead atoms. The third kappa shape index (κ3) is 7.40. The van der Waals surface area contributed by atoms with Gasteiger partial charge >= 0.3 is 0 Å². The van der Waals surface area contributed by atoms with Gasteiger partial charge in [0.15, 0.2) is 5.78 Å². The van der Waals surface area contributed by atoms with Gasteiger partial charge < -0.3 is 19.1 Å². The molecule has 0 radical (unpaired) electrons. The van der Waals surface area contributed by atoms with Crippen LogP contribution in [0, 0.1) is 18.8 Å². The van der Waals surface area contributed by atoms with Crippen molar-refractivity contribution in [1.29, 1.82) is 0 Å². The number of anilines is 1. The van der Waals surface area contributed by atoms with Crippen LogP contribution in [-0.2, 0) is 31.1 Å². The zero-order valence-electron chi connectivity index (χ0n) is 29.2. The molecule has 1 saturated carbocycles. The zero-order valence-corrected chi connectivity index (χ0v) is 30.0. The number of fused-ring (bicyclic) bond motifs is 4. The van der Waals surface area contributed by atoms with E-state index < -0.39 is 15.6 Å². The molecule has 2 aliphatic carbocycles. The number of rotatable bonds is 6. The van der Waals surface area contributed by atoms with Crippen LogP contribution in [0.1, 0.15) is 65.6 Å². The summed E-state index contributed by atoms with van der Waals surface area (Å²) in [6.07, 6.45) is 10.8. The van der Waals surface area contributed by atoms with Gasteiger partial charge in [-0.3, -0.25) is 9.59 Å². The maximum Gasteiger partial charge on any atom is 0.285 e. The lowest BCUT2D eigenvalue weighted by atomic mass is 9.68. The van der Waals surface area contributed by atoms with Crippen LogP contribution >= 0.6 is 0 Å². The van der Waals surface area contributed by atoms with E-state index >= 15 is 0 Å². The fraction of sp³-hybridized carbons (Fsp3) is 0.463. The number of para-hydroxylation sites is 1. The quantitative estimate of drug-likeness (QED) is 0.254. The molecule has 1 fully saturated rings. The third-order valence-electron chi connectivity index (χ3n) is 11.0. The molecule has 2 heterocycles. The van der Waals surface area contributed by atoms with E-state index in [0.717, 1.165) is 56.6 Å². The standard InChI is InChI=1S/C41H48N2O6S/c1-29-14-18-36-30(22-29)10-9-20-41(36)27-43-24-32-15-17-35(32)38(47-2)13-7-4-8-21-50(46,26-33(44)25-48-34-11-5-3-6-12-34)42-40(45)31-16-19-39(49-28-41)37(43)23-31/h3,5-7,11-14,16,18-19,22-23,32,35,38H,4,8-10,15,17,20-21,24-28H2,1-2H3/b13-7+/t32-,35+,38-,41-,50?/m0/s1. The number of Topliss-reactive ketones (excluding diaryl/α,β-unsaturated/α-hetero) is 1. The Hall–Kier alpha value is -3.95. The molecule has 2 aliphatic heterocycles. The van der Waals surface area contributed by atoms with Crippen molar-refractivity contribution in [1.82, 2.24) is 0 Å². The summed E-state index contributed by atoms with van der Waals surface area (Å²) in [5, 5.41) is 0. The summed E-state index contributed by atoms with van der Waals surface area (Å²) in [5.41, 5.74) is 5.06. The average Bonchev–Trinajstić information content (AvgIpc) is 3.25. The van der Waals surface area contributed by atoms with Gasteiger partial charge in [0.05, 0.1) is 33.9 Å². The molecule has 50 heavy (non-hydrogen) atoms. The van der Waals surface area contributed by atoms with Gasteiger partial charge in [0, 0.05) is 36.9 Å². The summed E-state index contributed by atoms with van der Waals surface area (Å²) in [5.74, 6) is 0.952. The lowest BCUT2D eigenvalue weighted by Crippen LogP contribution is -2.49. The van der Waals surface area contributed by atoms with Crippen molar-refractivity contribution in [2.75, 3.05) is 49.8 Å². The topological polar surface area (TPSA) is 94.5 Å². The highest BCUT2D eigenvalue weighted by atomic mass is 32.2. The Morgan fingerprint density at radius 1 is 1.08 bits per heavy atom. The molecule has 7 rings (SSSR count). The molecular formula is C41H48N2O6S. The predicted molar refractivity (Wildman–Crippen MR) is 197 cm³/mol. The molecule has 9 heteroatoms. The van der Waals surface area contributed by atoms with Gasteiger partial charge in [-0.25, -0.2) is 4.21 Å². The first kappa shape index (κ1) is 34.5. The van der Waals surface area contributed by atoms with Crippen molar-refractivity contribution in [3.63, 3.8) is 0 Å². The van der Waals surface area contributed by atoms with Crippen LogP contribution in [-0.4, -0.2) is 66.9 Å². The maximum atomic E-state index is 14.3. The molecule has 8 nitrogen and oxygen atoms in total. The highest BCUT2D eigenvalue weighted by molar-refractivity contribution is 7.94. The zero-order chi connectivity index (χ0) is 34.7. The molecule has 5 atom stereocenters. The van der Waals surface area contributed by atoms with Crippen molar-refractivity contribution in [2.45, 2.75) is 63.4 Å². The number of methoxy groups -OCH3 is 1. The van der Waals surface area contributed by atoms with Gasteiger partial charge in [-0.15, -0.1) is 0 Å². The minimum absolute atomic E-state index is 0.0182. The van der Waals surface area contributed by atoms with E-state index in [9.17, 15) is 13.8 Å². The van der Waals surface area contributed by atoms with Crippen LogP contribution in [0.5, 0.6) is 11.5 Å². The van der Waals surface area contributed by atoms with Gasteiger partial charge in [-0.2, -0.15) is 4.36 Å². The molecule has 0 aromatic heterocycles. The van der Waals surface area contributed by atoms with Gasteiger partial charge in [0.25, 0.3) is 5.91 Å². The first-order chi connectivity index (χ1) is 24.2. The molecule has 3 aromatic carbocycles. The van der Waals surface area contributed by atoms with Gasteiger partial charge in [0.2, 0.25) is 0 Å². The highest BCUT2D eigenvalue weighted by Crippen LogP contribution is 2.47. The van der Waals surface area contributed by atoms with E-state index in [0.29, 0.717) is 42.6 Å². The number of aryl methyl sites for hydroxylation is 2. The van der Waals surface area contributed by atoms with Crippen molar-refractivity contribution in [3.05, 3.63) is 101 Å². The molecule has 3 aromatic rings. The number of hydrogen-bond donors (Lipinski definition) is 0. The Bertz CT molecular complexity index is 1880. The van der Waals surface area contributed by atoms with Gasteiger partial charge in [-0.1, -0.05) is 54.1 Å². The number of hydrogen-bond acceptors (Lipinski definition) is 7. The van der Waals surface area contributed by atoms with Crippen molar-refractivity contribution < 1.29 is 28.0 Å². The van der Waals surface area contributed by atoms with Crippen molar-refractivity contribution >= 4 is 27.1 Å². The van der Waals surface area contributed by atoms with E-state index in [2.05, 4.69) is 46.5 Å². The largest absolute Gasteiger partial charge is 0.490 e. The minimum atomic E-state index is -3.21. The summed E-state index contributed by atoms with van der Waals surface area (Å²) < 4.78 is 37.0. The monoisotopic (exact) mass is 696 g/mol. The fourth-order valence-corrected chi connectivity index (χ4v) is 10.2. The number of nitrogens with zero attached hydrogens (tertiary/aromatic N) is 2. The lowest BCUT2D eigenvalue weighted by Gasteiger charge is -2.46. The first-order valence-corrected chi connectivity index (χ1v) is 19.9. The number of benzene rings is 3. The summed E-state index contributed by atoms with van der Waals surface area (Å²) in [6, 6.07) is 21.3. The Balaban J connectivity index is 1.24. The fourth-order valence-electron chi connectivity index (χ4n) is 8.33. The summed E-state index contributed by atoms with van der Waals surface area (Å²) in [6.45, 7) is 4.06. The minimum Gasteiger partial charge on any atom is -0.490 e. The number of ether oxygens (including phenoxy) is 3. The molecule has 0 N–H and O–H groups in total. The molecular weight excluding hydrogens is 649 g/mol. The van der Waals surface area contributed by atoms with E-state index in [-0.39, 0.29) is 35.4 Å². The second kappa shape index (κ2) is 14.7. The number of ketones is 1. The van der Waals surface area contributed by atoms with Crippen molar-refractivity contribution in [2.24, 2.45) is 16.2 Å². The maximum absolute atomic E-state index is 14.3. The van der Waals surface area contributed by atoms with E-state index in [1.807, 2.05) is 30.3 Å². The van der Waals surface area contributed by atoms with Crippen LogP contribution in [0.15, 0.2) is 83.2 Å². The number of carbonyl (C=O) groups excluding carboxylic acids is 2. The van der Waals surface area contributed by atoms with Gasteiger partial charge in [0.1, 0.15) is 18.1 Å². The molecule has 264 valence electrons. The lowest BCUT2D eigenvalue weighted by molar-refractivity contribution is -0.118. The smallest absolute Gasteiger partial charge is 0.285 e. The Kier molecular flexibility index (Phi) is 10.2. The summed E-state index contributed by atoms with van der Waals surface area (Å²) >= 11 is 0. The number of allylic oxidation sites excluding steroid dienone is 1. The SMILES string of the molecule is CO[C@H]1/C=C/CCCS(=O)(CC(=O)COc2ccccc2)=NC(=O)c2ccc3c(c2)N(C[C@@H]2CC[C@H]21)C[C@@]1(CCCc2cc(C)ccc21)CO3. The highest BCUT2D eigenvalue weighted by Gasteiger charge is 2.44. The molecule has 1 unspecified atom stereocenters. The number of carbonyl (C=O) groups is 2. The Morgan fingerprint density at radius 2 is 1.94 bits per heavy atom. The van der Waals surface area contributed by atoms with E-state index in [1.165, 1.54) is 16.7 Å². The number of amides is 1. The molecule has 4 aliphatic rings. The van der Waals surface area contributed by atoms with Crippen LogP contribution in [0.25, 0.3) is 0 Å². The van der Waals surface area contributed by atoms with Crippen LogP contribution in [0.2, 0.25) is 0 Å². The molecule has 0 saturated heterocycles. The predicted octanol–water partition coefficient (Wildman–Crippen LogP) is 7.12. The first-order valence-electron chi connectivity index (χ1n) is 18.0. The van der Waals surface area contributed by atoms with Crippen LogP contribution in [0.4, 0.5) is 5.69 Å². The molecule has 1 spiro atoms. The van der Waals surface area contributed by atoms with E-state index in [1.54, 1.807) is 25.3 Å². The average molecular weight is 697 g/mol. The Labute approximate surface area is 296 Å².